The van der Waals surface area contributed by atoms with E-state index in [1.807, 2.05) is 37.5 Å². The standard InChI is InChI=1S/C15H28N2O3/c1-6-20-15(19)10-16(13-7-8-13)9-14(18)17(11(2)3)12(4)5/h11-13H,6-10H2,1-5H3. The molecule has 1 rings (SSSR count). The van der Waals surface area contributed by atoms with Gasteiger partial charge in [-0.3, -0.25) is 14.5 Å². The van der Waals surface area contributed by atoms with E-state index >= 15 is 0 Å². The molecule has 0 aliphatic heterocycles. The summed E-state index contributed by atoms with van der Waals surface area (Å²) < 4.78 is 4.98. The molecule has 5 heteroatoms. The number of carbonyl (C=O) groups is 2. The number of hydrogen-bond acceptors (Lipinski definition) is 4. The van der Waals surface area contributed by atoms with Gasteiger partial charge in [-0.15, -0.1) is 0 Å². The van der Waals surface area contributed by atoms with Crippen LogP contribution < -0.4 is 0 Å². The van der Waals surface area contributed by atoms with Gasteiger partial charge in [-0.05, 0) is 47.5 Å². The van der Waals surface area contributed by atoms with Crippen LogP contribution >= 0.6 is 0 Å². The third-order valence-corrected chi connectivity index (χ3v) is 3.44. The second kappa shape index (κ2) is 7.62. The minimum absolute atomic E-state index is 0.0891. The monoisotopic (exact) mass is 284 g/mol. The molecule has 116 valence electrons. The van der Waals surface area contributed by atoms with Crippen molar-refractivity contribution in [2.45, 2.75) is 65.6 Å². The van der Waals surface area contributed by atoms with E-state index in [0.717, 1.165) is 12.8 Å². The van der Waals surface area contributed by atoms with Gasteiger partial charge in [0, 0.05) is 18.1 Å². The van der Waals surface area contributed by atoms with Gasteiger partial charge in [-0.25, -0.2) is 0 Å². The average Bonchev–Trinajstić information content (AvgIpc) is 3.10. The van der Waals surface area contributed by atoms with E-state index in [2.05, 4.69) is 0 Å². The molecule has 0 spiro atoms. The first-order valence-corrected chi connectivity index (χ1v) is 7.57. The lowest BCUT2D eigenvalue weighted by Crippen LogP contribution is -2.48. The van der Waals surface area contributed by atoms with E-state index in [1.165, 1.54) is 0 Å². The van der Waals surface area contributed by atoms with Crippen LogP contribution in [0.25, 0.3) is 0 Å². The number of hydrogen-bond donors (Lipinski definition) is 0. The van der Waals surface area contributed by atoms with Crippen molar-refractivity contribution < 1.29 is 14.3 Å². The Labute approximate surface area is 122 Å². The normalized spacial score (nSPS) is 15.0. The zero-order valence-corrected chi connectivity index (χ0v) is 13.4. The highest BCUT2D eigenvalue weighted by molar-refractivity contribution is 5.80. The molecule has 0 N–H and O–H groups in total. The van der Waals surface area contributed by atoms with E-state index in [0.29, 0.717) is 19.2 Å². The van der Waals surface area contributed by atoms with Crippen LogP contribution in [0.5, 0.6) is 0 Å². The number of esters is 1. The molecule has 0 atom stereocenters. The van der Waals surface area contributed by atoms with Crippen LogP contribution in [0.4, 0.5) is 0 Å². The number of amides is 1. The molecule has 1 fully saturated rings. The third kappa shape index (κ3) is 5.12. The predicted octanol–water partition coefficient (Wildman–Crippen LogP) is 1.66. The number of carbonyl (C=O) groups excluding carboxylic acids is 2. The van der Waals surface area contributed by atoms with Gasteiger partial charge in [0.2, 0.25) is 5.91 Å². The maximum Gasteiger partial charge on any atom is 0.320 e. The SMILES string of the molecule is CCOC(=O)CN(CC(=O)N(C(C)C)C(C)C)C1CC1. The molecule has 0 saturated heterocycles. The fraction of sp³-hybridized carbons (Fsp3) is 0.867. The van der Waals surface area contributed by atoms with Crippen molar-refractivity contribution >= 4 is 11.9 Å². The van der Waals surface area contributed by atoms with E-state index in [-0.39, 0.29) is 30.5 Å². The topological polar surface area (TPSA) is 49.9 Å². The van der Waals surface area contributed by atoms with Crippen LogP contribution in [0.15, 0.2) is 0 Å². The van der Waals surface area contributed by atoms with Crippen LogP contribution in [-0.2, 0) is 14.3 Å². The van der Waals surface area contributed by atoms with Gasteiger partial charge in [-0.1, -0.05) is 0 Å². The van der Waals surface area contributed by atoms with E-state index in [1.54, 1.807) is 6.92 Å². The molecule has 1 saturated carbocycles. The largest absolute Gasteiger partial charge is 0.465 e. The highest BCUT2D eigenvalue weighted by Gasteiger charge is 2.33. The van der Waals surface area contributed by atoms with Gasteiger partial charge < -0.3 is 9.64 Å². The quantitative estimate of drug-likeness (QED) is 0.636. The lowest BCUT2D eigenvalue weighted by atomic mass is 10.2. The molecule has 1 amide bonds. The summed E-state index contributed by atoms with van der Waals surface area (Å²) in [4.78, 5) is 27.9. The highest BCUT2D eigenvalue weighted by atomic mass is 16.5. The zero-order chi connectivity index (χ0) is 15.3. The molecule has 0 aromatic rings. The first kappa shape index (κ1) is 17.0. The summed E-state index contributed by atoms with van der Waals surface area (Å²) in [6, 6.07) is 0.710. The van der Waals surface area contributed by atoms with Gasteiger partial charge in [0.05, 0.1) is 19.7 Å². The Hall–Kier alpha value is -1.10. The van der Waals surface area contributed by atoms with E-state index < -0.39 is 0 Å². The van der Waals surface area contributed by atoms with Crippen LogP contribution in [-0.4, -0.2) is 59.5 Å². The smallest absolute Gasteiger partial charge is 0.320 e. The molecule has 0 aromatic carbocycles. The minimum atomic E-state index is -0.243. The molecule has 20 heavy (non-hydrogen) atoms. The summed E-state index contributed by atoms with van der Waals surface area (Å²) in [7, 11) is 0. The Bertz CT molecular complexity index is 330. The fourth-order valence-electron chi connectivity index (χ4n) is 2.55. The third-order valence-electron chi connectivity index (χ3n) is 3.44. The lowest BCUT2D eigenvalue weighted by molar-refractivity contribution is -0.145. The van der Waals surface area contributed by atoms with Crippen molar-refractivity contribution in [3.63, 3.8) is 0 Å². The van der Waals surface area contributed by atoms with E-state index in [9.17, 15) is 9.59 Å². The number of rotatable bonds is 8. The summed E-state index contributed by atoms with van der Waals surface area (Å²) in [6.07, 6.45) is 2.13. The predicted molar refractivity (Wildman–Crippen MR) is 78.3 cm³/mol. The van der Waals surface area contributed by atoms with Gasteiger partial charge in [0.15, 0.2) is 0 Å². The second-order valence-corrected chi connectivity index (χ2v) is 5.93. The van der Waals surface area contributed by atoms with Crippen LogP contribution in [0.2, 0.25) is 0 Å². The van der Waals surface area contributed by atoms with Crippen molar-refractivity contribution in [3.05, 3.63) is 0 Å². The van der Waals surface area contributed by atoms with Crippen molar-refractivity contribution in [2.24, 2.45) is 0 Å². The summed E-state index contributed by atoms with van der Waals surface area (Å²) in [5, 5.41) is 0. The molecule has 0 heterocycles. The Morgan fingerprint density at radius 1 is 1.10 bits per heavy atom. The summed E-state index contributed by atoms with van der Waals surface area (Å²) in [5.41, 5.74) is 0. The molecule has 1 aliphatic rings. The molecule has 1 aliphatic carbocycles. The van der Waals surface area contributed by atoms with Gasteiger partial charge in [-0.2, -0.15) is 0 Å². The lowest BCUT2D eigenvalue weighted by Gasteiger charge is -2.33. The van der Waals surface area contributed by atoms with Gasteiger partial charge in [0.25, 0.3) is 0 Å². The Balaban J connectivity index is 2.60. The molecule has 5 nitrogen and oxygen atoms in total. The molecule has 0 unspecified atom stereocenters. The first-order chi connectivity index (χ1) is 9.36. The van der Waals surface area contributed by atoms with Crippen LogP contribution in [0.3, 0.4) is 0 Å². The van der Waals surface area contributed by atoms with Gasteiger partial charge >= 0.3 is 5.97 Å². The van der Waals surface area contributed by atoms with Crippen molar-refractivity contribution in [2.75, 3.05) is 19.7 Å². The maximum atomic E-state index is 12.4. The highest BCUT2D eigenvalue weighted by Crippen LogP contribution is 2.26. The molecule has 0 bridgehead atoms. The van der Waals surface area contributed by atoms with Crippen molar-refractivity contribution in [1.29, 1.82) is 0 Å². The minimum Gasteiger partial charge on any atom is -0.465 e. The molecular weight excluding hydrogens is 256 g/mol. The second-order valence-electron chi connectivity index (χ2n) is 5.93. The fourth-order valence-corrected chi connectivity index (χ4v) is 2.55. The van der Waals surface area contributed by atoms with Crippen LogP contribution in [0.1, 0.15) is 47.5 Å². The van der Waals surface area contributed by atoms with E-state index in [4.69, 9.17) is 4.74 Å². The molecular formula is C15H28N2O3. The maximum absolute atomic E-state index is 12.4. The summed E-state index contributed by atoms with van der Waals surface area (Å²) >= 11 is 0. The summed E-state index contributed by atoms with van der Waals surface area (Å²) in [6.45, 7) is 10.8. The Kier molecular flexibility index (Phi) is 6.46. The number of nitrogens with zero attached hydrogens (tertiary/aromatic N) is 2. The Morgan fingerprint density at radius 3 is 2.05 bits per heavy atom. The summed E-state index contributed by atoms with van der Waals surface area (Å²) in [5.74, 6) is -0.154. The molecule has 0 aromatic heterocycles. The van der Waals surface area contributed by atoms with Gasteiger partial charge in [0.1, 0.15) is 0 Å². The Morgan fingerprint density at radius 2 is 1.65 bits per heavy atom. The first-order valence-electron chi connectivity index (χ1n) is 7.57. The zero-order valence-electron chi connectivity index (χ0n) is 13.4. The van der Waals surface area contributed by atoms with Crippen LogP contribution in [0, 0.1) is 0 Å². The molecule has 0 radical (unpaired) electrons. The van der Waals surface area contributed by atoms with Crippen molar-refractivity contribution in [1.82, 2.24) is 9.80 Å². The van der Waals surface area contributed by atoms with Crippen molar-refractivity contribution in [3.8, 4) is 0 Å². The number of ether oxygens (including phenoxy) is 1. The average molecular weight is 284 g/mol.